The molecule has 2 aromatic carbocycles. The van der Waals surface area contributed by atoms with Gasteiger partial charge in [0.05, 0.1) is 11.4 Å². The van der Waals surface area contributed by atoms with E-state index >= 15 is 0 Å². The van der Waals surface area contributed by atoms with E-state index < -0.39 is 0 Å². The van der Waals surface area contributed by atoms with Gasteiger partial charge in [-0.05, 0) is 36.4 Å². The van der Waals surface area contributed by atoms with E-state index in [-0.39, 0.29) is 12.7 Å². The summed E-state index contributed by atoms with van der Waals surface area (Å²) < 4.78 is 12.6. The van der Waals surface area contributed by atoms with Crippen LogP contribution in [0.3, 0.4) is 0 Å². The highest BCUT2D eigenvalue weighted by atomic mass is 16.7. The molecule has 0 spiro atoms. The number of amides is 1. The van der Waals surface area contributed by atoms with Gasteiger partial charge in [0.2, 0.25) is 6.79 Å². The highest BCUT2D eigenvalue weighted by Crippen LogP contribution is 2.33. The first kappa shape index (κ1) is 15.5. The zero-order valence-corrected chi connectivity index (χ0v) is 14.3. The molecule has 3 heterocycles. The number of para-hydroxylation sites is 1. The molecule has 1 amide bonds. The molecule has 6 nitrogen and oxygen atoms in total. The third-order valence-corrected chi connectivity index (χ3v) is 4.45. The lowest BCUT2D eigenvalue weighted by Gasteiger charge is -2.10. The Kier molecular flexibility index (Phi) is 3.53. The Hall–Kier alpha value is -3.80. The number of nitrogens with zero attached hydrogens (tertiary/aromatic N) is 2. The van der Waals surface area contributed by atoms with Gasteiger partial charge < -0.3 is 19.2 Å². The van der Waals surface area contributed by atoms with Crippen molar-refractivity contribution in [3.05, 3.63) is 78.6 Å². The van der Waals surface area contributed by atoms with Crippen molar-refractivity contribution in [3.8, 4) is 22.8 Å². The number of anilines is 1. The second-order valence-electron chi connectivity index (χ2n) is 6.16. The zero-order valence-electron chi connectivity index (χ0n) is 14.3. The summed E-state index contributed by atoms with van der Waals surface area (Å²) in [5.74, 6) is 1.01. The van der Waals surface area contributed by atoms with E-state index in [1.54, 1.807) is 18.2 Å². The van der Waals surface area contributed by atoms with E-state index in [1.165, 1.54) is 0 Å². The van der Waals surface area contributed by atoms with Crippen LogP contribution in [0.4, 0.5) is 5.69 Å². The van der Waals surface area contributed by atoms with Gasteiger partial charge in [-0.1, -0.05) is 24.3 Å². The number of hydrogen-bond donors (Lipinski definition) is 1. The van der Waals surface area contributed by atoms with Crippen molar-refractivity contribution >= 4 is 17.2 Å². The molecule has 0 atom stereocenters. The molecule has 2 aromatic heterocycles. The van der Waals surface area contributed by atoms with Crippen LogP contribution in [-0.4, -0.2) is 22.1 Å². The second kappa shape index (κ2) is 6.17. The van der Waals surface area contributed by atoms with Gasteiger partial charge in [-0.3, -0.25) is 4.79 Å². The van der Waals surface area contributed by atoms with Crippen LogP contribution in [0, 0.1) is 0 Å². The number of carbonyl (C=O) groups excluding carboxylic acids is 1. The number of rotatable bonds is 3. The van der Waals surface area contributed by atoms with Crippen molar-refractivity contribution in [1.82, 2.24) is 9.38 Å². The maximum atomic E-state index is 12.7. The van der Waals surface area contributed by atoms with Gasteiger partial charge in [-0.2, -0.15) is 0 Å². The Balaban J connectivity index is 1.48. The Morgan fingerprint density at radius 3 is 2.78 bits per heavy atom. The summed E-state index contributed by atoms with van der Waals surface area (Å²) >= 11 is 0. The Morgan fingerprint density at radius 1 is 1.00 bits per heavy atom. The minimum atomic E-state index is -0.218. The average Bonchev–Trinajstić information content (AvgIpc) is 3.34. The molecule has 1 aliphatic rings. The fraction of sp³-hybridized carbons (Fsp3) is 0.0476. The van der Waals surface area contributed by atoms with Gasteiger partial charge in [0.15, 0.2) is 11.5 Å². The summed E-state index contributed by atoms with van der Waals surface area (Å²) in [6, 6.07) is 18.6. The molecule has 6 heteroatoms. The Morgan fingerprint density at radius 2 is 1.85 bits per heavy atom. The molecular formula is C21H15N3O3. The molecular weight excluding hydrogens is 342 g/mol. The van der Waals surface area contributed by atoms with E-state index in [9.17, 15) is 4.79 Å². The summed E-state index contributed by atoms with van der Waals surface area (Å²) in [5.41, 5.74) is 3.70. The van der Waals surface area contributed by atoms with Crippen LogP contribution in [0.25, 0.3) is 16.9 Å². The summed E-state index contributed by atoms with van der Waals surface area (Å²) in [5, 5.41) is 2.98. The summed E-state index contributed by atoms with van der Waals surface area (Å²) in [6.45, 7) is 0.178. The predicted octanol–water partition coefficient (Wildman–Crippen LogP) is 3.98. The fourth-order valence-corrected chi connectivity index (χ4v) is 3.11. The monoisotopic (exact) mass is 357 g/mol. The first-order valence-electron chi connectivity index (χ1n) is 8.52. The number of ether oxygens (including phenoxy) is 2. The average molecular weight is 357 g/mol. The van der Waals surface area contributed by atoms with Crippen molar-refractivity contribution < 1.29 is 14.3 Å². The highest BCUT2D eigenvalue weighted by Gasteiger charge is 2.17. The third kappa shape index (κ3) is 2.77. The zero-order chi connectivity index (χ0) is 18.2. The topological polar surface area (TPSA) is 64.9 Å². The van der Waals surface area contributed by atoms with E-state index in [0.717, 1.165) is 16.9 Å². The molecule has 1 aliphatic heterocycles. The number of fused-ring (bicyclic) bond motifs is 2. The number of aromatic nitrogens is 2. The van der Waals surface area contributed by atoms with E-state index in [4.69, 9.17) is 9.47 Å². The van der Waals surface area contributed by atoms with Crippen molar-refractivity contribution in [1.29, 1.82) is 0 Å². The molecule has 1 N–H and O–H groups in total. The molecule has 132 valence electrons. The van der Waals surface area contributed by atoms with Gasteiger partial charge in [-0.25, -0.2) is 4.98 Å². The number of benzene rings is 2. The minimum absolute atomic E-state index is 0.178. The minimum Gasteiger partial charge on any atom is -0.454 e. The summed E-state index contributed by atoms with van der Waals surface area (Å²) in [7, 11) is 0. The smallest absolute Gasteiger partial charge is 0.255 e. The van der Waals surface area contributed by atoms with Crippen molar-refractivity contribution in [2.45, 2.75) is 0 Å². The number of nitrogens with one attached hydrogen (secondary N) is 1. The first-order chi connectivity index (χ1) is 13.3. The molecule has 5 rings (SSSR count). The van der Waals surface area contributed by atoms with Crippen LogP contribution in [-0.2, 0) is 0 Å². The van der Waals surface area contributed by atoms with E-state index in [1.807, 2.05) is 59.3 Å². The summed E-state index contributed by atoms with van der Waals surface area (Å²) in [4.78, 5) is 17.4. The van der Waals surface area contributed by atoms with Crippen LogP contribution in [0.2, 0.25) is 0 Å². The molecule has 27 heavy (non-hydrogen) atoms. The molecule has 0 aliphatic carbocycles. The lowest BCUT2D eigenvalue weighted by molar-refractivity contribution is 0.102. The molecule has 0 saturated heterocycles. The lowest BCUT2D eigenvalue weighted by Crippen LogP contribution is -2.12. The maximum Gasteiger partial charge on any atom is 0.255 e. The lowest BCUT2D eigenvalue weighted by atomic mass is 10.1. The van der Waals surface area contributed by atoms with E-state index in [0.29, 0.717) is 22.7 Å². The number of carbonyl (C=O) groups is 1. The van der Waals surface area contributed by atoms with Crippen LogP contribution in [0.15, 0.2) is 73.1 Å². The molecule has 0 radical (unpaired) electrons. The maximum absolute atomic E-state index is 12.7. The quantitative estimate of drug-likeness (QED) is 0.602. The first-order valence-corrected chi connectivity index (χ1v) is 8.52. The fourth-order valence-electron chi connectivity index (χ4n) is 3.11. The van der Waals surface area contributed by atoms with Crippen LogP contribution in [0.1, 0.15) is 10.4 Å². The second-order valence-corrected chi connectivity index (χ2v) is 6.16. The van der Waals surface area contributed by atoms with Gasteiger partial charge in [0.25, 0.3) is 5.91 Å². The van der Waals surface area contributed by atoms with E-state index in [2.05, 4.69) is 10.3 Å². The summed E-state index contributed by atoms with van der Waals surface area (Å²) in [6.07, 6.45) is 3.89. The number of imidazole rings is 1. The van der Waals surface area contributed by atoms with Gasteiger partial charge in [-0.15, -0.1) is 0 Å². The normalized spacial score (nSPS) is 12.3. The number of hydrogen-bond acceptors (Lipinski definition) is 4. The Bertz CT molecular complexity index is 1130. The molecule has 4 aromatic rings. The van der Waals surface area contributed by atoms with Gasteiger partial charge in [0.1, 0.15) is 5.65 Å². The van der Waals surface area contributed by atoms with Crippen molar-refractivity contribution in [3.63, 3.8) is 0 Å². The molecule has 0 unspecified atom stereocenters. The Labute approximate surface area is 155 Å². The highest BCUT2D eigenvalue weighted by molar-refractivity contribution is 6.06. The van der Waals surface area contributed by atoms with Gasteiger partial charge >= 0.3 is 0 Å². The van der Waals surface area contributed by atoms with Crippen molar-refractivity contribution in [2.24, 2.45) is 0 Å². The van der Waals surface area contributed by atoms with Gasteiger partial charge in [0, 0.05) is 23.5 Å². The third-order valence-electron chi connectivity index (χ3n) is 4.45. The molecule has 0 saturated carbocycles. The molecule has 0 bridgehead atoms. The number of pyridine rings is 1. The van der Waals surface area contributed by atoms with Crippen LogP contribution in [0.5, 0.6) is 11.5 Å². The van der Waals surface area contributed by atoms with Crippen molar-refractivity contribution in [2.75, 3.05) is 12.1 Å². The molecule has 0 fully saturated rings. The van der Waals surface area contributed by atoms with Crippen LogP contribution >= 0.6 is 0 Å². The largest absolute Gasteiger partial charge is 0.454 e. The predicted molar refractivity (Wildman–Crippen MR) is 101 cm³/mol. The van der Waals surface area contributed by atoms with Crippen LogP contribution < -0.4 is 14.8 Å². The SMILES string of the molecule is O=C(Nc1ccccc1-c1cn2ccccc2n1)c1ccc2c(c1)OCO2. The standard InChI is InChI=1S/C21H15N3O3/c25-21(14-8-9-18-19(11-14)27-13-26-18)23-16-6-2-1-5-15(16)17-12-24-10-4-3-7-20(24)22-17/h1-12H,13H2,(H,23,25).